The van der Waals surface area contributed by atoms with Gasteiger partial charge in [0.1, 0.15) is 11.5 Å². The van der Waals surface area contributed by atoms with Gasteiger partial charge in [-0.3, -0.25) is 4.79 Å². The van der Waals surface area contributed by atoms with Gasteiger partial charge in [0, 0.05) is 82.4 Å². The summed E-state index contributed by atoms with van der Waals surface area (Å²) in [6.07, 6.45) is 7.84. The molecule has 0 atom stereocenters. The molecule has 0 bridgehead atoms. The molecule has 0 aromatic heterocycles. The molecule has 12 aromatic carbocycles. The summed E-state index contributed by atoms with van der Waals surface area (Å²) < 4.78 is 15.8. The highest BCUT2D eigenvalue weighted by atomic mass is 16.5. The Labute approximate surface area is 634 Å². The first-order chi connectivity index (χ1) is 53.4. The van der Waals surface area contributed by atoms with Gasteiger partial charge in [-0.05, 0) is 234 Å². The number of nitrogens with zero attached hydrogens (tertiary/aromatic N) is 14. The first-order valence-corrected chi connectivity index (χ1v) is 36.8. The van der Waals surface area contributed by atoms with Crippen molar-refractivity contribution >= 4 is 130 Å². The van der Waals surface area contributed by atoms with E-state index in [-0.39, 0.29) is 19.0 Å². The molecule has 0 unspecified atom stereocenters. The van der Waals surface area contributed by atoms with Crippen LogP contribution in [-0.4, -0.2) is 50.7 Å². The third kappa shape index (κ3) is 20.2. The zero-order valence-corrected chi connectivity index (χ0v) is 61.8. The predicted molar refractivity (Wildman–Crippen MR) is 434 cm³/mol. The number of anilines is 2. The number of unbranched alkanes of at least 4 members (excludes halogenated alkanes) is 1. The van der Waals surface area contributed by atoms with E-state index in [2.05, 4.69) is 116 Å². The number of aryl methyl sites for hydroxylation is 3. The Morgan fingerprint density at radius 2 is 0.853 bits per heavy atom. The lowest BCUT2D eigenvalue weighted by Crippen LogP contribution is -2.30. The lowest BCUT2D eigenvalue weighted by atomic mass is 9.98. The van der Waals surface area contributed by atoms with Crippen molar-refractivity contribution in [2.75, 3.05) is 42.6 Å². The third-order valence-electron chi connectivity index (χ3n) is 18.2. The maximum Gasteiger partial charge on any atom is 0.343 e. The van der Waals surface area contributed by atoms with E-state index in [0.717, 1.165) is 136 Å². The second-order valence-electron chi connectivity index (χ2n) is 25.8. The number of hydrogen-bond donors (Lipinski definition) is 0. The van der Waals surface area contributed by atoms with Gasteiger partial charge in [-0.15, -0.1) is 30.7 Å². The van der Waals surface area contributed by atoms with Crippen molar-refractivity contribution in [3.05, 3.63) is 278 Å². The van der Waals surface area contributed by atoms with Gasteiger partial charge in [0.15, 0.2) is 0 Å². The highest BCUT2D eigenvalue weighted by molar-refractivity contribution is 6.02. The van der Waals surface area contributed by atoms with E-state index in [4.69, 9.17) is 34.7 Å². The number of carbonyl (C=O) groups excluding carboxylic acids is 3. The fourth-order valence-corrected chi connectivity index (χ4v) is 12.5. The Bertz CT molecular complexity index is 5370. The highest BCUT2D eigenvalue weighted by Crippen LogP contribution is 2.41. The lowest BCUT2D eigenvalue weighted by Gasteiger charge is -2.31. The van der Waals surface area contributed by atoms with Crippen molar-refractivity contribution in [1.29, 1.82) is 0 Å². The maximum absolute atomic E-state index is 12.8. The monoisotopic (exact) mass is 1440 g/mol. The molecule has 546 valence electrons. The standard InChI is InChI=1S/C49H45N7O2.C40H39N7O4/c1-4-11-34-17-23-38(24-18-34)58-49(57)35-19-21-37(22-20-35)50-51-43-25-26-44(40-14-7-6-13-39(40)43)52-53-45-27-28-46(42-16-9-8-15-41(42)45)54-55-47-32-36-12-10-30-56(29-5-2)48(36)31-33(47)3;1-4-39(48)50-28-10-9-13-40(49)51-34-24-20-32(21-25-34)42-41-29-14-16-30(17-15-29)43-45-37-26-27-38(36-12-8-7-11-35(36)37)46-44-31-18-22-33(23-19-31)47(5-2)6-3/h6-9,13-28,31-32H,4-5,10-12,29-30H2,1-3H3;4,7-8,11-12,14-27H,1,5-6,9-10,13,28H2,2-3H3. The molecule has 0 spiro atoms. The summed E-state index contributed by atoms with van der Waals surface area (Å²) in [5, 5.41) is 60.1. The van der Waals surface area contributed by atoms with E-state index in [1.165, 1.54) is 22.5 Å². The normalized spacial score (nSPS) is 12.2. The maximum atomic E-state index is 12.8. The van der Waals surface area contributed by atoms with E-state index in [0.29, 0.717) is 64.0 Å². The fraction of sp³-hybridized carbons (Fsp3) is 0.202. The van der Waals surface area contributed by atoms with Crippen LogP contribution < -0.4 is 19.3 Å². The van der Waals surface area contributed by atoms with Crippen LogP contribution in [0.5, 0.6) is 11.5 Å². The van der Waals surface area contributed by atoms with E-state index >= 15 is 0 Å². The Kier molecular flexibility index (Phi) is 26.1. The molecule has 0 fully saturated rings. The molecule has 0 aliphatic carbocycles. The molecule has 12 aromatic rings. The van der Waals surface area contributed by atoms with Crippen LogP contribution in [0.4, 0.5) is 79.6 Å². The number of ether oxygens (including phenoxy) is 3. The van der Waals surface area contributed by atoms with Gasteiger partial charge in [-0.1, -0.05) is 112 Å². The Hall–Kier alpha value is -13.2. The summed E-state index contributed by atoms with van der Waals surface area (Å²) in [4.78, 5) is 40.7. The zero-order chi connectivity index (χ0) is 75.7. The van der Waals surface area contributed by atoms with Gasteiger partial charge in [0.25, 0.3) is 0 Å². The highest BCUT2D eigenvalue weighted by Gasteiger charge is 2.19. The van der Waals surface area contributed by atoms with Gasteiger partial charge in [-0.2, -0.15) is 30.7 Å². The molecule has 0 saturated heterocycles. The Morgan fingerprint density at radius 3 is 1.29 bits per heavy atom. The predicted octanol–water partition coefficient (Wildman–Crippen LogP) is 26.6. The third-order valence-corrected chi connectivity index (χ3v) is 18.2. The molecular weight excluding hydrogens is 1360 g/mol. The molecule has 13 rings (SSSR count). The minimum atomic E-state index is -0.477. The molecule has 0 radical (unpaired) electrons. The van der Waals surface area contributed by atoms with Crippen LogP contribution in [0, 0.1) is 6.92 Å². The summed E-state index contributed by atoms with van der Waals surface area (Å²) in [7, 11) is 0. The number of benzene rings is 12. The molecule has 1 aliphatic heterocycles. The molecule has 0 amide bonds. The van der Waals surface area contributed by atoms with Crippen LogP contribution in [0.3, 0.4) is 0 Å². The Morgan fingerprint density at radius 1 is 0.450 bits per heavy atom. The molecule has 20 nitrogen and oxygen atoms in total. The SMILES string of the molecule is C=CC(=O)OCCCCC(=O)Oc1ccc(N=Nc2ccc(N=Nc3ccc(N=Nc4ccc(N(CC)CC)cc4)c4ccccc34)cc2)cc1.CCCc1ccc(OC(=O)c2ccc(N=Nc3ccc(N=Nc4ccc(N=Nc5cc6c(cc5C)N(CCC)CCC6)c5ccccc45)c4ccccc34)cc2)cc1. The average molecular weight is 1450 g/mol. The van der Waals surface area contributed by atoms with E-state index in [9.17, 15) is 14.4 Å². The first-order valence-electron chi connectivity index (χ1n) is 36.8. The molecule has 1 aliphatic rings. The van der Waals surface area contributed by atoms with E-state index in [1.807, 2.05) is 170 Å². The average Bonchev–Trinajstić information content (AvgIpc) is 0.802. The van der Waals surface area contributed by atoms with Crippen LogP contribution in [-0.2, 0) is 27.2 Å². The van der Waals surface area contributed by atoms with Gasteiger partial charge in [-0.25, -0.2) is 9.59 Å². The number of fused-ring (bicyclic) bond motifs is 4. The molecule has 1 heterocycles. The van der Waals surface area contributed by atoms with Crippen LogP contribution >= 0.6 is 0 Å². The van der Waals surface area contributed by atoms with Crippen LogP contribution in [0.15, 0.2) is 317 Å². The second kappa shape index (κ2) is 37.7. The van der Waals surface area contributed by atoms with Crippen LogP contribution in [0.2, 0.25) is 0 Å². The number of carbonyl (C=O) groups is 3. The largest absolute Gasteiger partial charge is 0.463 e. The summed E-state index contributed by atoms with van der Waals surface area (Å²) >= 11 is 0. The first kappa shape index (κ1) is 75.5. The molecular formula is C89H84N14O6. The smallest absolute Gasteiger partial charge is 0.343 e. The van der Waals surface area contributed by atoms with Crippen molar-refractivity contribution < 1.29 is 28.6 Å². The summed E-state index contributed by atoms with van der Waals surface area (Å²) in [6.45, 7) is 18.4. The molecule has 109 heavy (non-hydrogen) atoms. The van der Waals surface area contributed by atoms with Gasteiger partial charge < -0.3 is 24.0 Å². The number of rotatable bonds is 28. The van der Waals surface area contributed by atoms with Crippen LogP contribution in [0.25, 0.3) is 32.3 Å². The van der Waals surface area contributed by atoms with Crippen molar-refractivity contribution in [3.63, 3.8) is 0 Å². The lowest BCUT2D eigenvalue weighted by molar-refractivity contribution is -0.137. The zero-order valence-electron chi connectivity index (χ0n) is 61.8. The fourth-order valence-electron chi connectivity index (χ4n) is 12.5. The van der Waals surface area contributed by atoms with Crippen molar-refractivity contribution in [3.8, 4) is 11.5 Å². The number of azo groups is 6. The van der Waals surface area contributed by atoms with Crippen LogP contribution in [0.1, 0.15) is 93.3 Å². The summed E-state index contributed by atoms with van der Waals surface area (Å²) in [5.41, 5.74) is 15.2. The van der Waals surface area contributed by atoms with Gasteiger partial charge in [0.2, 0.25) is 0 Å². The number of esters is 3. The summed E-state index contributed by atoms with van der Waals surface area (Å²) in [5.74, 6) is -0.336. The topological polar surface area (TPSA) is 234 Å². The molecule has 0 saturated carbocycles. The minimum Gasteiger partial charge on any atom is -0.463 e. The summed E-state index contributed by atoms with van der Waals surface area (Å²) in [6, 6.07) is 76.6. The molecule has 20 heteroatoms. The van der Waals surface area contributed by atoms with Gasteiger partial charge in [0.05, 0.1) is 80.4 Å². The molecule has 0 N–H and O–H groups in total. The van der Waals surface area contributed by atoms with E-state index < -0.39 is 11.9 Å². The quantitative estimate of drug-likeness (QED) is 0.0150. The van der Waals surface area contributed by atoms with Crippen molar-refractivity contribution in [1.82, 2.24) is 0 Å². The minimum absolute atomic E-state index is 0.214. The van der Waals surface area contributed by atoms with Crippen molar-refractivity contribution in [2.45, 2.75) is 86.0 Å². The second-order valence-corrected chi connectivity index (χ2v) is 25.8. The van der Waals surface area contributed by atoms with Crippen molar-refractivity contribution in [2.24, 2.45) is 61.4 Å². The number of hydrogen-bond acceptors (Lipinski definition) is 20. The van der Waals surface area contributed by atoms with Gasteiger partial charge >= 0.3 is 17.9 Å². The van der Waals surface area contributed by atoms with E-state index in [1.54, 1.807) is 48.5 Å². The Balaban J connectivity index is 0.000000205.